The van der Waals surface area contributed by atoms with Crippen LogP contribution in [0.15, 0.2) is 0 Å². The third-order valence-corrected chi connectivity index (χ3v) is 3.26. The van der Waals surface area contributed by atoms with Gasteiger partial charge in [0.25, 0.3) is 0 Å². The van der Waals surface area contributed by atoms with Crippen LogP contribution in [0.25, 0.3) is 0 Å². The van der Waals surface area contributed by atoms with Crippen LogP contribution >= 0.6 is 0 Å². The second-order valence-corrected chi connectivity index (χ2v) is 4.24. The van der Waals surface area contributed by atoms with E-state index in [9.17, 15) is 9.90 Å². The number of unbranched alkanes of at least 4 members (excludes halogenated alkanes) is 2. The molecule has 0 aliphatic heterocycles. The van der Waals surface area contributed by atoms with Crippen LogP contribution in [0.2, 0.25) is 0 Å². The van der Waals surface area contributed by atoms with E-state index in [1.165, 1.54) is 0 Å². The summed E-state index contributed by atoms with van der Waals surface area (Å²) < 4.78 is 0. The highest BCUT2D eigenvalue weighted by atomic mass is 16.3. The molecule has 0 heterocycles. The molecule has 0 amide bonds. The molecule has 1 saturated carbocycles. The second kappa shape index (κ2) is 4.23. The third kappa shape index (κ3) is 2.11. The molecule has 0 saturated heterocycles. The fourth-order valence-electron chi connectivity index (χ4n) is 2.11. The van der Waals surface area contributed by atoms with Gasteiger partial charge in [-0.1, -0.05) is 33.1 Å². The van der Waals surface area contributed by atoms with E-state index in [1.54, 1.807) is 0 Å². The lowest BCUT2D eigenvalue weighted by atomic mass is 9.86. The lowest BCUT2D eigenvalue weighted by molar-refractivity contribution is -0.137. The number of hydrogen-bond acceptors (Lipinski definition) is 2. The molecule has 2 atom stereocenters. The van der Waals surface area contributed by atoms with Crippen LogP contribution in [0.1, 0.15) is 52.4 Å². The van der Waals surface area contributed by atoms with Gasteiger partial charge in [0.2, 0.25) is 0 Å². The molecule has 13 heavy (non-hydrogen) atoms. The van der Waals surface area contributed by atoms with Gasteiger partial charge in [-0.15, -0.1) is 0 Å². The molecule has 0 aromatic carbocycles. The minimum atomic E-state index is -0.977. The molecule has 0 radical (unpaired) electrons. The normalized spacial score (nSPS) is 34.1. The van der Waals surface area contributed by atoms with Gasteiger partial charge in [0, 0.05) is 6.42 Å². The Hall–Kier alpha value is -0.370. The summed E-state index contributed by atoms with van der Waals surface area (Å²) in [4.78, 5) is 11.5. The summed E-state index contributed by atoms with van der Waals surface area (Å²) in [5.41, 5.74) is -0.977. The fourth-order valence-corrected chi connectivity index (χ4v) is 2.11. The van der Waals surface area contributed by atoms with Crippen LogP contribution < -0.4 is 0 Å². The van der Waals surface area contributed by atoms with Crippen LogP contribution in [-0.2, 0) is 4.79 Å². The number of aliphatic hydroxyl groups is 1. The molecule has 1 aliphatic rings. The smallest absolute Gasteiger partial charge is 0.164 e. The van der Waals surface area contributed by atoms with Gasteiger partial charge in [-0.25, -0.2) is 0 Å². The van der Waals surface area contributed by atoms with E-state index < -0.39 is 5.60 Å². The molecule has 1 N–H and O–H groups in total. The summed E-state index contributed by atoms with van der Waals surface area (Å²) in [5.74, 6) is 0.230. The van der Waals surface area contributed by atoms with E-state index in [4.69, 9.17) is 0 Å². The number of ketones is 1. The van der Waals surface area contributed by atoms with E-state index in [-0.39, 0.29) is 11.7 Å². The zero-order chi connectivity index (χ0) is 9.90. The van der Waals surface area contributed by atoms with Crippen molar-refractivity contribution in [1.29, 1.82) is 0 Å². The molecular formula is C11H20O2. The molecule has 0 aromatic heterocycles. The van der Waals surface area contributed by atoms with Gasteiger partial charge in [0.1, 0.15) is 5.60 Å². The lowest BCUT2D eigenvalue weighted by Crippen LogP contribution is -2.38. The Morgan fingerprint density at radius 2 is 2.23 bits per heavy atom. The first kappa shape index (κ1) is 10.7. The Bertz CT molecular complexity index is 189. The second-order valence-electron chi connectivity index (χ2n) is 4.24. The van der Waals surface area contributed by atoms with E-state index >= 15 is 0 Å². The quantitative estimate of drug-likeness (QED) is 0.681. The number of carbonyl (C=O) groups excluding carboxylic acids is 1. The summed E-state index contributed by atoms with van der Waals surface area (Å²) in [6.07, 6.45) is 5.33. The van der Waals surface area contributed by atoms with Gasteiger partial charge in [0.15, 0.2) is 5.78 Å². The zero-order valence-corrected chi connectivity index (χ0v) is 8.68. The number of Topliss-reactive ketones (excluding diaryl/α,β-unsaturated/α-hetero) is 1. The molecule has 1 rings (SSSR count). The predicted octanol–water partition coefficient (Wildman–Crippen LogP) is 2.30. The highest BCUT2D eigenvalue weighted by Crippen LogP contribution is 2.36. The maximum absolute atomic E-state index is 11.5. The van der Waals surface area contributed by atoms with Crippen molar-refractivity contribution in [3.05, 3.63) is 0 Å². The molecule has 2 heteroatoms. The third-order valence-electron chi connectivity index (χ3n) is 3.26. The summed E-state index contributed by atoms with van der Waals surface area (Å²) in [6, 6.07) is 0. The van der Waals surface area contributed by atoms with Crippen molar-refractivity contribution < 1.29 is 9.90 Å². The van der Waals surface area contributed by atoms with Gasteiger partial charge >= 0.3 is 0 Å². The molecule has 1 fully saturated rings. The van der Waals surface area contributed by atoms with Crippen LogP contribution in [0, 0.1) is 5.92 Å². The highest BCUT2D eigenvalue weighted by molar-refractivity contribution is 5.89. The van der Waals surface area contributed by atoms with Gasteiger partial charge in [-0.3, -0.25) is 4.79 Å². The first-order valence-corrected chi connectivity index (χ1v) is 5.37. The molecule has 0 aromatic rings. The summed E-state index contributed by atoms with van der Waals surface area (Å²) in [6.45, 7) is 4.11. The molecule has 0 spiro atoms. The van der Waals surface area contributed by atoms with E-state index in [1.807, 2.05) is 6.92 Å². The Morgan fingerprint density at radius 3 is 2.69 bits per heavy atom. The van der Waals surface area contributed by atoms with Gasteiger partial charge < -0.3 is 5.11 Å². The molecule has 0 bridgehead atoms. The Kier molecular flexibility index (Phi) is 3.48. The Labute approximate surface area is 80.3 Å². The number of carbonyl (C=O) groups is 1. The van der Waals surface area contributed by atoms with E-state index in [0.717, 1.165) is 25.7 Å². The van der Waals surface area contributed by atoms with Crippen molar-refractivity contribution in [1.82, 2.24) is 0 Å². The van der Waals surface area contributed by atoms with Crippen LogP contribution in [0.4, 0.5) is 0 Å². The van der Waals surface area contributed by atoms with Crippen LogP contribution in [-0.4, -0.2) is 16.5 Å². The van der Waals surface area contributed by atoms with Crippen molar-refractivity contribution in [3.63, 3.8) is 0 Å². The highest BCUT2D eigenvalue weighted by Gasteiger charge is 2.44. The number of rotatable bonds is 4. The van der Waals surface area contributed by atoms with Gasteiger partial charge in [0.05, 0.1) is 0 Å². The van der Waals surface area contributed by atoms with Crippen LogP contribution in [0.5, 0.6) is 0 Å². The van der Waals surface area contributed by atoms with Crippen molar-refractivity contribution in [2.24, 2.45) is 5.92 Å². The predicted molar refractivity (Wildman–Crippen MR) is 52.5 cm³/mol. The van der Waals surface area contributed by atoms with Crippen molar-refractivity contribution in [2.75, 3.05) is 0 Å². The summed E-state index contributed by atoms with van der Waals surface area (Å²) in [5, 5.41) is 10.1. The first-order valence-electron chi connectivity index (χ1n) is 5.37. The van der Waals surface area contributed by atoms with Crippen molar-refractivity contribution in [2.45, 2.75) is 58.0 Å². The van der Waals surface area contributed by atoms with E-state index in [2.05, 4.69) is 6.92 Å². The van der Waals surface area contributed by atoms with Crippen LogP contribution in [0.3, 0.4) is 0 Å². The molecule has 2 unspecified atom stereocenters. The minimum absolute atomic E-state index is 0.0658. The Morgan fingerprint density at radius 1 is 1.54 bits per heavy atom. The first-order chi connectivity index (χ1) is 6.11. The standard InChI is InChI=1S/C11H20O2/c1-3-4-5-8-11(13)9(2)6-7-10(11)12/h9,13H,3-8H2,1-2H3. The molecule has 2 nitrogen and oxygen atoms in total. The molecule has 76 valence electrons. The van der Waals surface area contributed by atoms with Crippen molar-refractivity contribution >= 4 is 5.78 Å². The lowest BCUT2D eigenvalue weighted by Gasteiger charge is -2.25. The maximum atomic E-state index is 11.5. The fraction of sp³-hybridized carbons (Fsp3) is 0.909. The monoisotopic (exact) mass is 184 g/mol. The molecule has 1 aliphatic carbocycles. The maximum Gasteiger partial charge on any atom is 0.164 e. The van der Waals surface area contributed by atoms with Crippen molar-refractivity contribution in [3.8, 4) is 0 Å². The number of hydrogen-bond donors (Lipinski definition) is 1. The largest absolute Gasteiger partial charge is 0.382 e. The molecular weight excluding hydrogens is 164 g/mol. The van der Waals surface area contributed by atoms with Gasteiger partial charge in [-0.05, 0) is 18.8 Å². The average molecular weight is 184 g/mol. The average Bonchev–Trinajstić information content (AvgIpc) is 2.35. The zero-order valence-electron chi connectivity index (χ0n) is 8.68. The summed E-state index contributed by atoms with van der Waals surface area (Å²) >= 11 is 0. The van der Waals surface area contributed by atoms with E-state index in [0.29, 0.717) is 12.8 Å². The Balaban J connectivity index is 2.47. The minimum Gasteiger partial charge on any atom is -0.382 e. The summed E-state index contributed by atoms with van der Waals surface area (Å²) in [7, 11) is 0. The SMILES string of the molecule is CCCCCC1(O)C(=O)CCC1C. The van der Waals surface area contributed by atoms with Gasteiger partial charge in [-0.2, -0.15) is 0 Å². The topological polar surface area (TPSA) is 37.3 Å².